The SMILES string of the molecule is CN(C)S(=O)(=O)c1cc(C(=O)[O-])c(F)c(F)c1F.[Li+]. The van der Waals surface area contributed by atoms with Crippen LogP contribution in [0.2, 0.25) is 0 Å². The Morgan fingerprint density at radius 1 is 1.16 bits per heavy atom. The molecule has 0 aliphatic carbocycles. The Bertz CT molecular complexity index is 618. The number of carboxylic acids is 1. The normalized spacial score (nSPS) is 11.3. The van der Waals surface area contributed by atoms with Crippen molar-refractivity contribution < 1.29 is 50.4 Å². The number of benzene rings is 1. The first-order valence-corrected chi connectivity index (χ1v) is 5.86. The van der Waals surface area contributed by atoms with Crippen LogP contribution in [0.25, 0.3) is 0 Å². The van der Waals surface area contributed by atoms with Crippen LogP contribution >= 0.6 is 0 Å². The predicted molar refractivity (Wildman–Crippen MR) is 51.5 cm³/mol. The van der Waals surface area contributed by atoms with Gasteiger partial charge in [0.05, 0.1) is 5.97 Å². The maximum atomic E-state index is 13.3. The van der Waals surface area contributed by atoms with Crippen molar-refractivity contribution in [1.82, 2.24) is 4.31 Å². The predicted octanol–water partition coefficient (Wildman–Crippen LogP) is -3.28. The number of hydrogen-bond acceptors (Lipinski definition) is 4. The van der Waals surface area contributed by atoms with Gasteiger partial charge in [-0.1, -0.05) is 0 Å². The van der Waals surface area contributed by atoms with E-state index in [1.165, 1.54) is 0 Å². The first kappa shape index (κ1) is 18.0. The summed E-state index contributed by atoms with van der Waals surface area (Å²) in [6, 6.07) is 0.179. The molecule has 0 N–H and O–H groups in total. The molecule has 0 bridgehead atoms. The van der Waals surface area contributed by atoms with Gasteiger partial charge in [0.25, 0.3) is 0 Å². The molecule has 0 atom stereocenters. The molecule has 10 heteroatoms. The number of sulfonamides is 1. The first-order valence-electron chi connectivity index (χ1n) is 4.42. The third-order valence-corrected chi connectivity index (χ3v) is 3.91. The molecule has 1 rings (SSSR count). The van der Waals surface area contributed by atoms with Gasteiger partial charge < -0.3 is 9.90 Å². The van der Waals surface area contributed by atoms with E-state index in [-0.39, 0.29) is 24.9 Å². The fraction of sp³-hybridized carbons (Fsp3) is 0.222. The van der Waals surface area contributed by atoms with Crippen molar-refractivity contribution in [3.63, 3.8) is 0 Å². The summed E-state index contributed by atoms with van der Waals surface area (Å²) in [5, 5.41) is 10.5. The molecule has 0 unspecified atom stereocenters. The zero-order valence-electron chi connectivity index (χ0n) is 10.2. The third-order valence-electron chi connectivity index (χ3n) is 2.09. The first-order chi connectivity index (χ1) is 8.10. The van der Waals surface area contributed by atoms with Gasteiger partial charge in [0.15, 0.2) is 17.5 Å². The Kier molecular flexibility index (Phi) is 5.64. The molecule has 1 aromatic carbocycles. The van der Waals surface area contributed by atoms with E-state index in [9.17, 15) is 31.5 Å². The van der Waals surface area contributed by atoms with Crippen LogP contribution in [0.15, 0.2) is 11.0 Å². The molecule has 1 aromatic rings. The van der Waals surface area contributed by atoms with Crippen LogP contribution in [0.5, 0.6) is 0 Å². The monoisotopic (exact) mass is 289 g/mol. The Morgan fingerprint density at radius 3 is 2.00 bits per heavy atom. The van der Waals surface area contributed by atoms with Crippen LogP contribution in [0.1, 0.15) is 10.4 Å². The molecule has 0 saturated carbocycles. The number of aromatic carboxylic acids is 1. The average molecular weight is 289 g/mol. The summed E-state index contributed by atoms with van der Waals surface area (Å²) in [5.41, 5.74) is -1.37. The number of nitrogens with zero attached hydrogens (tertiary/aromatic N) is 1. The molecular formula is C9H7F3LiNO4S. The fourth-order valence-electron chi connectivity index (χ4n) is 1.11. The molecule has 0 heterocycles. The van der Waals surface area contributed by atoms with E-state index >= 15 is 0 Å². The van der Waals surface area contributed by atoms with Crippen molar-refractivity contribution >= 4 is 16.0 Å². The summed E-state index contributed by atoms with van der Waals surface area (Å²) < 4.78 is 63.1. The maximum Gasteiger partial charge on any atom is 1.00 e. The van der Waals surface area contributed by atoms with Crippen LogP contribution < -0.4 is 24.0 Å². The largest absolute Gasteiger partial charge is 1.00 e. The quantitative estimate of drug-likeness (QED) is 0.432. The summed E-state index contributed by atoms with van der Waals surface area (Å²) >= 11 is 0. The molecular weight excluding hydrogens is 282 g/mol. The molecule has 0 amide bonds. The van der Waals surface area contributed by atoms with E-state index < -0.39 is 43.9 Å². The number of carbonyl (C=O) groups excluding carboxylic acids is 1. The average Bonchev–Trinajstić information content (AvgIpc) is 2.25. The second kappa shape index (κ2) is 5.96. The number of carbonyl (C=O) groups is 1. The molecule has 0 radical (unpaired) electrons. The minimum Gasteiger partial charge on any atom is -0.545 e. The summed E-state index contributed by atoms with van der Waals surface area (Å²) in [6.07, 6.45) is 0. The van der Waals surface area contributed by atoms with Gasteiger partial charge in [-0.25, -0.2) is 25.9 Å². The van der Waals surface area contributed by atoms with Crippen molar-refractivity contribution in [2.45, 2.75) is 4.90 Å². The van der Waals surface area contributed by atoms with Gasteiger partial charge in [-0.05, 0) is 6.07 Å². The number of rotatable bonds is 3. The Balaban J connectivity index is 0.00000324. The minimum absolute atomic E-state index is 0. The zero-order chi connectivity index (χ0) is 14.2. The molecule has 0 aliphatic rings. The van der Waals surface area contributed by atoms with E-state index in [0.29, 0.717) is 4.31 Å². The Morgan fingerprint density at radius 2 is 1.63 bits per heavy atom. The van der Waals surface area contributed by atoms with E-state index in [1.807, 2.05) is 0 Å². The summed E-state index contributed by atoms with van der Waals surface area (Å²) in [5.74, 6) is -8.32. The number of carboxylic acid groups (broad SMARTS) is 1. The van der Waals surface area contributed by atoms with Crippen molar-refractivity contribution in [2.24, 2.45) is 0 Å². The molecule has 100 valence electrons. The van der Waals surface area contributed by atoms with Gasteiger partial charge in [0.1, 0.15) is 4.90 Å². The van der Waals surface area contributed by atoms with E-state index in [1.54, 1.807) is 0 Å². The van der Waals surface area contributed by atoms with Gasteiger partial charge in [0.2, 0.25) is 10.0 Å². The molecule has 0 aliphatic heterocycles. The molecule has 0 saturated heterocycles. The Labute approximate surface area is 119 Å². The van der Waals surface area contributed by atoms with Gasteiger partial charge in [-0.15, -0.1) is 0 Å². The van der Waals surface area contributed by atoms with Crippen LogP contribution in [-0.4, -0.2) is 32.8 Å². The van der Waals surface area contributed by atoms with Gasteiger partial charge in [-0.2, -0.15) is 0 Å². The van der Waals surface area contributed by atoms with E-state index in [4.69, 9.17) is 0 Å². The molecule has 0 fully saturated rings. The molecule has 5 nitrogen and oxygen atoms in total. The van der Waals surface area contributed by atoms with Crippen LogP contribution in [0.3, 0.4) is 0 Å². The van der Waals surface area contributed by atoms with E-state index in [0.717, 1.165) is 14.1 Å². The second-order valence-electron chi connectivity index (χ2n) is 3.44. The van der Waals surface area contributed by atoms with Crippen LogP contribution in [0, 0.1) is 17.5 Å². The van der Waals surface area contributed by atoms with Gasteiger partial charge in [-0.3, -0.25) is 0 Å². The zero-order valence-corrected chi connectivity index (χ0v) is 11.0. The van der Waals surface area contributed by atoms with Gasteiger partial charge in [0, 0.05) is 19.7 Å². The van der Waals surface area contributed by atoms with Crippen molar-refractivity contribution in [1.29, 1.82) is 0 Å². The Hall–Kier alpha value is -1.01. The van der Waals surface area contributed by atoms with Crippen molar-refractivity contribution in [3.8, 4) is 0 Å². The smallest absolute Gasteiger partial charge is 0.545 e. The molecule has 0 spiro atoms. The van der Waals surface area contributed by atoms with Crippen molar-refractivity contribution in [3.05, 3.63) is 29.1 Å². The minimum atomic E-state index is -4.44. The molecule has 0 aromatic heterocycles. The van der Waals surface area contributed by atoms with Gasteiger partial charge >= 0.3 is 18.9 Å². The fourth-order valence-corrected chi connectivity index (χ4v) is 2.09. The van der Waals surface area contributed by atoms with E-state index in [2.05, 4.69) is 0 Å². The van der Waals surface area contributed by atoms with Crippen LogP contribution in [-0.2, 0) is 10.0 Å². The van der Waals surface area contributed by atoms with Crippen LogP contribution in [0.4, 0.5) is 13.2 Å². The molecule has 19 heavy (non-hydrogen) atoms. The van der Waals surface area contributed by atoms with Crippen molar-refractivity contribution in [2.75, 3.05) is 14.1 Å². The summed E-state index contributed by atoms with van der Waals surface area (Å²) in [6.45, 7) is 0. The maximum absolute atomic E-state index is 13.3. The third kappa shape index (κ3) is 3.12. The summed E-state index contributed by atoms with van der Waals surface area (Å²) in [4.78, 5) is 9.21. The number of hydrogen-bond donors (Lipinski definition) is 0. The number of halogens is 3. The second-order valence-corrected chi connectivity index (χ2v) is 5.56. The summed E-state index contributed by atoms with van der Waals surface area (Å²) in [7, 11) is -2.40. The topological polar surface area (TPSA) is 77.5 Å². The standard InChI is InChI=1S/C9H8F3NO4S.Li/c1-13(2)18(16,17)5-3-4(9(14)15)6(10)8(12)7(5)11;/h3H,1-2H3,(H,14,15);/q;+1/p-1.